The molecule has 0 aliphatic heterocycles. The molecule has 0 unspecified atom stereocenters. The van der Waals surface area contributed by atoms with Gasteiger partial charge in [0.15, 0.2) is 0 Å². The quantitative estimate of drug-likeness (QED) is 0.221. The smallest absolute Gasteiger partial charge is 0.270 e. The van der Waals surface area contributed by atoms with Crippen LogP contribution in [0, 0.1) is 0 Å². The van der Waals surface area contributed by atoms with Gasteiger partial charge in [0.2, 0.25) is 0 Å². The van der Waals surface area contributed by atoms with Gasteiger partial charge in [-0.2, -0.15) is 0 Å². The predicted octanol–water partition coefficient (Wildman–Crippen LogP) is -0.110. The van der Waals surface area contributed by atoms with Crippen LogP contribution < -0.4 is 11.0 Å². The standard InChI is InChI=1S/C8H12N2O4/c1-5(7(11)9-13)3-4-6(2)8(12)10-14/h3-4,13-14H,1-2H3,(H,9,11)(H,10,12)/b5-3+,6-4+. The summed E-state index contributed by atoms with van der Waals surface area (Å²) in [5, 5.41) is 16.5. The Hall–Kier alpha value is -1.66. The van der Waals surface area contributed by atoms with Gasteiger partial charge in [-0.05, 0) is 13.8 Å². The predicted molar refractivity (Wildman–Crippen MR) is 47.4 cm³/mol. The van der Waals surface area contributed by atoms with Crippen molar-refractivity contribution in [3.8, 4) is 0 Å². The summed E-state index contributed by atoms with van der Waals surface area (Å²) in [6.07, 6.45) is 2.69. The van der Waals surface area contributed by atoms with Crippen LogP contribution in [0.15, 0.2) is 23.3 Å². The maximum Gasteiger partial charge on any atom is 0.270 e. The third-order valence-corrected chi connectivity index (χ3v) is 1.50. The van der Waals surface area contributed by atoms with Gasteiger partial charge in [0.25, 0.3) is 11.8 Å². The van der Waals surface area contributed by atoms with Crippen LogP contribution in [0.4, 0.5) is 0 Å². The Morgan fingerprint density at radius 1 is 0.929 bits per heavy atom. The largest absolute Gasteiger partial charge is 0.288 e. The van der Waals surface area contributed by atoms with Gasteiger partial charge >= 0.3 is 0 Å². The van der Waals surface area contributed by atoms with E-state index in [0.29, 0.717) is 0 Å². The van der Waals surface area contributed by atoms with E-state index in [2.05, 4.69) is 0 Å². The van der Waals surface area contributed by atoms with Gasteiger partial charge in [-0.15, -0.1) is 0 Å². The van der Waals surface area contributed by atoms with Crippen LogP contribution in [0.3, 0.4) is 0 Å². The van der Waals surface area contributed by atoms with Gasteiger partial charge in [0.05, 0.1) is 0 Å². The molecule has 78 valence electrons. The maximum atomic E-state index is 10.8. The number of hydrogen-bond acceptors (Lipinski definition) is 4. The third kappa shape index (κ3) is 3.83. The zero-order valence-electron chi connectivity index (χ0n) is 7.87. The molecule has 2 amide bonds. The Morgan fingerprint density at radius 3 is 1.43 bits per heavy atom. The Kier molecular flexibility index (Phi) is 5.20. The second-order valence-corrected chi connectivity index (χ2v) is 2.58. The van der Waals surface area contributed by atoms with Crippen molar-refractivity contribution in [3.63, 3.8) is 0 Å². The number of hydrogen-bond donors (Lipinski definition) is 4. The first-order valence-corrected chi connectivity index (χ1v) is 3.77. The molecule has 6 nitrogen and oxygen atoms in total. The molecule has 0 bridgehead atoms. The Bertz CT molecular complexity index is 264. The molecular formula is C8H12N2O4. The molecule has 0 aliphatic carbocycles. The first-order valence-electron chi connectivity index (χ1n) is 3.77. The van der Waals surface area contributed by atoms with E-state index >= 15 is 0 Å². The molecule has 14 heavy (non-hydrogen) atoms. The molecule has 0 saturated heterocycles. The second-order valence-electron chi connectivity index (χ2n) is 2.58. The highest BCUT2D eigenvalue weighted by molar-refractivity contribution is 5.94. The number of nitrogens with one attached hydrogen (secondary N) is 2. The molecule has 6 heteroatoms. The van der Waals surface area contributed by atoms with E-state index in [1.54, 1.807) is 0 Å². The molecule has 0 atom stereocenters. The Labute approximate surface area is 80.8 Å². The van der Waals surface area contributed by atoms with Crippen LogP contribution in [0.5, 0.6) is 0 Å². The zero-order valence-corrected chi connectivity index (χ0v) is 7.87. The van der Waals surface area contributed by atoms with Crippen LogP contribution in [0.2, 0.25) is 0 Å². The van der Waals surface area contributed by atoms with E-state index in [0.717, 1.165) is 0 Å². The highest BCUT2D eigenvalue weighted by Gasteiger charge is 2.02. The zero-order chi connectivity index (χ0) is 11.1. The molecule has 0 aliphatic rings. The highest BCUT2D eigenvalue weighted by Crippen LogP contribution is 1.97. The number of carbonyl (C=O) groups is 2. The van der Waals surface area contributed by atoms with Crippen molar-refractivity contribution in [1.29, 1.82) is 0 Å². The molecule has 0 radical (unpaired) electrons. The molecule has 0 rings (SSSR count). The lowest BCUT2D eigenvalue weighted by atomic mass is 10.2. The summed E-state index contributed by atoms with van der Waals surface area (Å²) in [4.78, 5) is 21.5. The molecule has 0 heterocycles. The second kappa shape index (κ2) is 5.90. The molecule has 0 aromatic heterocycles. The number of hydroxylamine groups is 2. The minimum Gasteiger partial charge on any atom is -0.288 e. The van der Waals surface area contributed by atoms with Crippen molar-refractivity contribution in [2.24, 2.45) is 0 Å². The lowest BCUT2D eigenvalue weighted by Gasteiger charge is -1.97. The van der Waals surface area contributed by atoms with Gasteiger partial charge < -0.3 is 0 Å². The molecule has 0 aromatic rings. The first-order chi connectivity index (χ1) is 6.52. The third-order valence-electron chi connectivity index (χ3n) is 1.50. The average Bonchev–Trinajstić information content (AvgIpc) is 2.22. The van der Waals surface area contributed by atoms with E-state index in [1.807, 2.05) is 0 Å². The molecule has 0 spiro atoms. The minimum atomic E-state index is -0.654. The summed E-state index contributed by atoms with van der Waals surface area (Å²) >= 11 is 0. The van der Waals surface area contributed by atoms with E-state index in [4.69, 9.17) is 10.4 Å². The number of allylic oxidation sites excluding steroid dienone is 2. The number of carbonyl (C=O) groups excluding carboxylic acids is 2. The molecule has 0 aromatic carbocycles. The summed E-state index contributed by atoms with van der Waals surface area (Å²) in [5.74, 6) is -1.31. The number of rotatable bonds is 3. The Morgan fingerprint density at radius 2 is 1.21 bits per heavy atom. The maximum absolute atomic E-state index is 10.8. The molecule has 0 saturated carbocycles. The molecular weight excluding hydrogens is 188 g/mol. The van der Waals surface area contributed by atoms with Crippen LogP contribution in [-0.4, -0.2) is 22.2 Å². The number of amides is 2. The average molecular weight is 200 g/mol. The summed E-state index contributed by atoms with van der Waals surface area (Å²) in [6.45, 7) is 2.93. The summed E-state index contributed by atoms with van der Waals surface area (Å²) in [6, 6.07) is 0. The lowest BCUT2D eigenvalue weighted by Crippen LogP contribution is -2.20. The summed E-state index contributed by atoms with van der Waals surface area (Å²) < 4.78 is 0. The van der Waals surface area contributed by atoms with Crippen molar-refractivity contribution in [3.05, 3.63) is 23.3 Å². The van der Waals surface area contributed by atoms with Crippen molar-refractivity contribution in [2.75, 3.05) is 0 Å². The molecule has 0 fully saturated rings. The van der Waals surface area contributed by atoms with Crippen molar-refractivity contribution in [2.45, 2.75) is 13.8 Å². The van der Waals surface area contributed by atoms with Gasteiger partial charge in [0.1, 0.15) is 0 Å². The van der Waals surface area contributed by atoms with Crippen LogP contribution in [0.25, 0.3) is 0 Å². The van der Waals surface area contributed by atoms with Crippen LogP contribution in [0.1, 0.15) is 13.8 Å². The van der Waals surface area contributed by atoms with E-state index in [1.165, 1.54) is 37.0 Å². The highest BCUT2D eigenvalue weighted by atomic mass is 16.5. The van der Waals surface area contributed by atoms with Crippen LogP contribution in [-0.2, 0) is 9.59 Å². The van der Waals surface area contributed by atoms with Crippen LogP contribution >= 0.6 is 0 Å². The monoisotopic (exact) mass is 200 g/mol. The fraction of sp³-hybridized carbons (Fsp3) is 0.250. The fourth-order valence-corrected chi connectivity index (χ4v) is 0.578. The first kappa shape index (κ1) is 12.3. The van der Waals surface area contributed by atoms with Crippen molar-refractivity contribution >= 4 is 11.8 Å². The van der Waals surface area contributed by atoms with E-state index in [-0.39, 0.29) is 11.1 Å². The SMILES string of the molecule is C/C(=C\C=C(/C)C(=O)NO)C(=O)NO. The van der Waals surface area contributed by atoms with E-state index in [9.17, 15) is 9.59 Å². The van der Waals surface area contributed by atoms with E-state index < -0.39 is 11.8 Å². The van der Waals surface area contributed by atoms with Gasteiger partial charge in [-0.1, -0.05) is 12.2 Å². The van der Waals surface area contributed by atoms with Crippen molar-refractivity contribution < 1.29 is 20.0 Å². The van der Waals surface area contributed by atoms with Gasteiger partial charge in [0, 0.05) is 11.1 Å². The Balaban J connectivity index is 4.53. The van der Waals surface area contributed by atoms with Gasteiger partial charge in [-0.3, -0.25) is 20.0 Å². The van der Waals surface area contributed by atoms with Gasteiger partial charge in [-0.25, -0.2) is 11.0 Å². The molecule has 4 N–H and O–H groups in total. The summed E-state index contributed by atoms with van der Waals surface area (Å²) in [5.41, 5.74) is 3.36. The summed E-state index contributed by atoms with van der Waals surface area (Å²) in [7, 11) is 0. The normalized spacial score (nSPS) is 12.3. The minimum absolute atomic E-state index is 0.234. The fourth-order valence-electron chi connectivity index (χ4n) is 0.578. The topological polar surface area (TPSA) is 98.7 Å². The van der Waals surface area contributed by atoms with Crippen molar-refractivity contribution in [1.82, 2.24) is 11.0 Å². The lowest BCUT2D eigenvalue weighted by molar-refractivity contribution is -0.125.